The number of fused-ring (bicyclic) bond motifs is 1. The van der Waals surface area contributed by atoms with Gasteiger partial charge in [-0.15, -0.1) is 0 Å². The first-order valence-corrected chi connectivity index (χ1v) is 7.68. The summed E-state index contributed by atoms with van der Waals surface area (Å²) in [4.78, 5) is 13.9. The van der Waals surface area contributed by atoms with Gasteiger partial charge in [-0.1, -0.05) is 31.2 Å². The molecule has 1 saturated heterocycles. The SMILES string of the molecule is CCC1(C(=O)O)CCN(CC2Cc3ccccc32)CC1. The Kier molecular flexibility index (Phi) is 3.55. The minimum absolute atomic E-state index is 0.464. The lowest BCUT2D eigenvalue weighted by Gasteiger charge is -2.41. The van der Waals surface area contributed by atoms with Crippen molar-refractivity contribution < 1.29 is 9.90 Å². The number of nitrogens with zero attached hydrogens (tertiary/aromatic N) is 1. The number of carboxylic acid groups (broad SMARTS) is 1. The Morgan fingerprint density at radius 1 is 1.35 bits per heavy atom. The van der Waals surface area contributed by atoms with E-state index in [1.54, 1.807) is 0 Å². The molecular weight excluding hydrogens is 250 g/mol. The van der Waals surface area contributed by atoms with E-state index in [-0.39, 0.29) is 0 Å². The van der Waals surface area contributed by atoms with Gasteiger partial charge in [0.2, 0.25) is 0 Å². The van der Waals surface area contributed by atoms with Crippen molar-refractivity contribution in [1.82, 2.24) is 4.90 Å². The van der Waals surface area contributed by atoms with Crippen LogP contribution in [0.25, 0.3) is 0 Å². The molecule has 1 aromatic rings. The molecule has 108 valence electrons. The van der Waals surface area contributed by atoms with E-state index in [4.69, 9.17) is 0 Å². The van der Waals surface area contributed by atoms with E-state index in [1.165, 1.54) is 17.5 Å². The zero-order valence-electron chi connectivity index (χ0n) is 12.1. The van der Waals surface area contributed by atoms with Gasteiger partial charge in [-0.25, -0.2) is 0 Å². The molecule has 3 rings (SSSR count). The number of hydrogen-bond donors (Lipinski definition) is 1. The van der Waals surface area contributed by atoms with Crippen LogP contribution in [0.3, 0.4) is 0 Å². The molecule has 1 N–H and O–H groups in total. The van der Waals surface area contributed by atoms with Gasteiger partial charge in [-0.2, -0.15) is 0 Å². The van der Waals surface area contributed by atoms with Crippen LogP contribution >= 0.6 is 0 Å². The molecule has 0 aromatic heterocycles. The molecule has 2 aliphatic rings. The van der Waals surface area contributed by atoms with Gasteiger partial charge in [0.15, 0.2) is 0 Å². The van der Waals surface area contributed by atoms with Gasteiger partial charge >= 0.3 is 5.97 Å². The highest BCUT2D eigenvalue weighted by molar-refractivity contribution is 5.74. The van der Waals surface area contributed by atoms with E-state index in [2.05, 4.69) is 29.2 Å². The van der Waals surface area contributed by atoms with Crippen molar-refractivity contribution in [3.05, 3.63) is 35.4 Å². The number of carbonyl (C=O) groups is 1. The highest BCUT2D eigenvalue weighted by Crippen LogP contribution is 2.39. The molecule has 0 amide bonds. The topological polar surface area (TPSA) is 40.5 Å². The van der Waals surface area contributed by atoms with Crippen LogP contribution in [0.2, 0.25) is 0 Å². The van der Waals surface area contributed by atoms with Crippen molar-refractivity contribution in [2.75, 3.05) is 19.6 Å². The first-order valence-electron chi connectivity index (χ1n) is 7.68. The predicted molar refractivity (Wildman–Crippen MR) is 78.9 cm³/mol. The highest BCUT2D eigenvalue weighted by Gasteiger charge is 2.40. The van der Waals surface area contributed by atoms with E-state index in [0.717, 1.165) is 38.9 Å². The van der Waals surface area contributed by atoms with Gasteiger partial charge in [0.05, 0.1) is 5.41 Å². The summed E-state index contributed by atoms with van der Waals surface area (Å²) in [6, 6.07) is 8.68. The molecule has 1 aliphatic heterocycles. The van der Waals surface area contributed by atoms with Crippen LogP contribution in [0.5, 0.6) is 0 Å². The van der Waals surface area contributed by atoms with Crippen LogP contribution in [0.15, 0.2) is 24.3 Å². The van der Waals surface area contributed by atoms with Crippen molar-refractivity contribution in [3.63, 3.8) is 0 Å². The van der Waals surface area contributed by atoms with Crippen LogP contribution < -0.4 is 0 Å². The van der Waals surface area contributed by atoms with Gasteiger partial charge in [0, 0.05) is 12.5 Å². The van der Waals surface area contributed by atoms with Crippen LogP contribution in [-0.4, -0.2) is 35.6 Å². The molecule has 1 heterocycles. The van der Waals surface area contributed by atoms with Crippen molar-refractivity contribution in [3.8, 4) is 0 Å². The van der Waals surface area contributed by atoms with Crippen molar-refractivity contribution >= 4 is 5.97 Å². The Hall–Kier alpha value is -1.35. The molecule has 0 spiro atoms. The zero-order valence-corrected chi connectivity index (χ0v) is 12.1. The fourth-order valence-corrected chi connectivity index (χ4v) is 3.72. The molecule has 1 atom stereocenters. The van der Waals surface area contributed by atoms with E-state index in [1.807, 2.05) is 6.92 Å². The molecule has 0 radical (unpaired) electrons. The summed E-state index contributed by atoms with van der Waals surface area (Å²) in [6.45, 7) is 4.96. The molecule has 1 aromatic carbocycles. The Bertz CT molecular complexity index is 503. The third-order valence-electron chi connectivity index (χ3n) is 5.38. The van der Waals surface area contributed by atoms with E-state index in [9.17, 15) is 9.90 Å². The number of rotatable bonds is 4. The average molecular weight is 273 g/mol. The number of benzene rings is 1. The molecule has 1 fully saturated rings. The number of piperidine rings is 1. The second kappa shape index (κ2) is 5.21. The Balaban J connectivity index is 1.57. The Labute approximate surface area is 120 Å². The largest absolute Gasteiger partial charge is 0.481 e. The maximum Gasteiger partial charge on any atom is 0.309 e. The maximum atomic E-state index is 11.4. The summed E-state index contributed by atoms with van der Waals surface area (Å²) in [5, 5.41) is 9.43. The van der Waals surface area contributed by atoms with Crippen LogP contribution in [0, 0.1) is 5.41 Å². The molecular formula is C17H23NO2. The second-order valence-electron chi connectivity index (χ2n) is 6.34. The predicted octanol–water partition coefficient (Wildman–Crippen LogP) is 2.90. The lowest BCUT2D eigenvalue weighted by atomic mass is 9.74. The molecule has 20 heavy (non-hydrogen) atoms. The third-order valence-corrected chi connectivity index (χ3v) is 5.38. The summed E-state index contributed by atoms with van der Waals surface area (Å²) in [5.41, 5.74) is 2.52. The van der Waals surface area contributed by atoms with Crippen LogP contribution in [0.1, 0.15) is 43.2 Å². The summed E-state index contributed by atoms with van der Waals surface area (Å²) in [5.74, 6) is 0.0544. The monoisotopic (exact) mass is 273 g/mol. The second-order valence-corrected chi connectivity index (χ2v) is 6.34. The molecule has 0 saturated carbocycles. The van der Waals surface area contributed by atoms with Crippen LogP contribution in [-0.2, 0) is 11.2 Å². The lowest BCUT2D eigenvalue weighted by molar-refractivity contribution is -0.152. The smallest absolute Gasteiger partial charge is 0.309 e. The van der Waals surface area contributed by atoms with E-state index in [0.29, 0.717) is 5.92 Å². The fourth-order valence-electron chi connectivity index (χ4n) is 3.72. The first-order chi connectivity index (χ1) is 9.64. The fraction of sp³-hybridized carbons (Fsp3) is 0.588. The van der Waals surface area contributed by atoms with Gasteiger partial charge < -0.3 is 10.0 Å². The van der Waals surface area contributed by atoms with Gasteiger partial charge in [-0.3, -0.25) is 4.79 Å². The molecule has 3 nitrogen and oxygen atoms in total. The lowest BCUT2D eigenvalue weighted by Crippen LogP contribution is -2.46. The van der Waals surface area contributed by atoms with Crippen LogP contribution in [0.4, 0.5) is 0 Å². The van der Waals surface area contributed by atoms with E-state index >= 15 is 0 Å². The van der Waals surface area contributed by atoms with E-state index < -0.39 is 11.4 Å². The summed E-state index contributed by atoms with van der Waals surface area (Å²) in [6.07, 6.45) is 3.54. The molecule has 1 unspecified atom stereocenters. The zero-order chi connectivity index (χ0) is 14.2. The first kappa shape index (κ1) is 13.6. The molecule has 1 aliphatic carbocycles. The summed E-state index contributed by atoms with van der Waals surface area (Å²) >= 11 is 0. The molecule has 0 bridgehead atoms. The third kappa shape index (κ3) is 2.24. The number of hydrogen-bond acceptors (Lipinski definition) is 2. The Morgan fingerprint density at radius 2 is 2.05 bits per heavy atom. The number of carboxylic acids is 1. The normalized spacial score (nSPS) is 24.8. The Morgan fingerprint density at radius 3 is 2.65 bits per heavy atom. The average Bonchev–Trinajstić information content (AvgIpc) is 2.45. The van der Waals surface area contributed by atoms with Crippen molar-refractivity contribution in [2.24, 2.45) is 5.41 Å². The quantitative estimate of drug-likeness (QED) is 0.917. The highest BCUT2D eigenvalue weighted by atomic mass is 16.4. The minimum Gasteiger partial charge on any atom is -0.481 e. The number of aliphatic carboxylic acids is 1. The standard InChI is InChI=1S/C17H23NO2/c1-2-17(16(19)20)7-9-18(10-8-17)12-14-11-13-5-3-4-6-15(13)14/h3-6,14H,2,7-12H2,1H3,(H,19,20). The summed E-state index contributed by atoms with van der Waals surface area (Å²) < 4.78 is 0. The number of likely N-dealkylation sites (tertiary alicyclic amines) is 1. The van der Waals surface area contributed by atoms with Gasteiger partial charge in [0.25, 0.3) is 0 Å². The minimum atomic E-state index is -0.603. The van der Waals surface area contributed by atoms with Crippen molar-refractivity contribution in [1.29, 1.82) is 0 Å². The maximum absolute atomic E-state index is 11.4. The van der Waals surface area contributed by atoms with Crippen molar-refractivity contribution in [2.45, 2.75) is 38.5 Å². The molecule has 3 heteroatoms. The summed E-state index contributed by atoms with van der Waals surface area (Å²) in [7, 11) is 0. The van der Waals surface area contributed by atoms with Gasteiger partial charge in [0.1, 0.15) is 0 Å². The van der Waals surface area contributed by atoms with Gasteiger partial charge in [-0.05, 0) is 49.9 Å².